The zero-order valence-corrected chi connectivity index (χ0v) is 14.3. The summed E-state index contributed by atoms with van der Waals surface area (Å²) < 4.78 is 2.04. The Morgan fingerprint density at radius 2 is 2.00 bits per heavy atom. The molecule has 0 fully saturated rings. The van der Waals surface area contributed by atoms with Gasteiger partial charge in [0.15, 0.2) is 0 Å². The molecule has 0 radical (unpaired) electrons. The molecule has 20 heavy (non-hydrogen) atoms. The zero-order chi connectivity index (χ0) is 15.3. The van der Waals surface area contributed by atoms with E-state index in [0.717, 1.165) is 19.4 Å². The second kappa shape index (κ2) is 7.23. The highest BCUT2D eigenvalue weighted by Gasteiger charge is 2.31. The molecule has 116 valence electrons. The highest BCUT2D eigenvalue weighted by molar-refractivity contribution is 5.06. The first kappa shape index (κ1) is 17.2. The summed E-state index contributed by atoms with van der Waals surface area (Å²) in [5.41, 5.74) is 1.26. The molecule has 0 amide bonds. The van der Waals surface area contributed by atoms with Crippen molar-refractivity contribution >= 4 is 0 Å². The van der Waals surface area contributed by atoms with Crippen LogP contribution in [0.15, 0.2) is 12.3 Å². The lowest BCUT2D eigenvalue weighted by Gasteiger charge is -2.40. The summed E-state index contributed by atoms with van der Waals surface area (Å²) in [5, 5.41) is 8.38. The van der Waals surface area contributed by atoms with Gasteiger partial charge in [-0.15, -0.1) is 0 Å². The maximum absolute atomic E-state index is 4.69. The van der Waals surface area contributed by atoms with Crippen LogP contribution in [-0.2, 0) is 6.42 Å². The van der Waals surface area contributed by atoms with Gasteiger partial charge in [0, 0.05) is 30.2 Å². The molecule has 1 heterocycles. The zero-order valence-electron chi connectivity index (χ0n) is 14.3. The van der Waals surface area contributed by atoms with Crippen LogP contribution in [0, 0.1) is 0 Å². The van der Waals surface area contributed by atoms with Gasteiger partial charge < -0.3 is 10.2 Å². The largest absolute Gasteiger partial charge is 0.312 e. The van der Waals surface area contributed by atoms with Crippen LogP contribution in [0.4, 0.5) is 0 Å². The Hall–Kier alpha value is -0.870. The van der Waals surface area contributed by atoms with E-state index in [9.17, 15) is 0 Å². The molecule has 0 aliphatic rings. The van der Waals surface area contributed by atoms with Crippen molar-refractivity contribution in [2.45, 2.75) is 65.1 Å². The molecule has 4 nitrogen and oxygen atoms in total. The first-order valence-electron chi connectivity index (χ1n) is 7.73. The van der Waals surface area contributed by atoms with Crippen LogP contribution in [0.2, 0.25) is 0 Å². The fourth-order valence-electron chi connectivity index (χ4n) is 2.18. The smallest absolute Gasteiger partial charge is 0.0640 e. The van der Waals surface area contributed by atoms with Crippen LogP contribution < -0.4 is 5.32 Å². The van der Waals surface area contributed by atoms with E-state index in [1.54, 1.807) is 0 Å². The number of aromatic nitrogens is 2. The van der Waals surface area contributed by atoms with Gasteiger partial charge in [-0.3, -0.25) is 4.68 Å². The van der Waals surface area contributed by atoms with Crippen LogP contribution in [0.5, 0.6) is 0 Å². The van der Waals surface area contributed by atoms with E-state index in [1.165, 1.54) is 5.69 Å². The summed E-state index contributed by atoms with van der Waals surface area (Å²) in [6, 6.07) is 2.97. The Morgan fingerprint density at radius 3 is 2.45 bits per heavy atom. The average Bonchev–Trinajstić information content (AvgIpc) is 2.82. The number of nitrogens with zero attached hydrogens (tertiary/aromatic N) is 3. The second-order valence-electron chi connectivity index (χ2n) is 6.64. The van der Waals surface area contributed by atoms with Crippen molar-refractivity contribution in [3.63, 3.8) is 0 Å². The third-order valence-corrected chi connectivity index (χ3v) is 4.25. The Balaban J connectivity index is 2.83. The normalized spacial score (nSPS) is 14.2. The SMILES string of the molecule is CCCNC(Cc1ccn(C(C)C)n1)C(C)(C)N(C)C. The highest BCUT2D eigenvalue weighted by atomic mass is 15.3. The molecule has 1 rings (SSSR count). The molecule has 4 heteroatoms. The Labute approximate surface area is 124 Å². The lowest BCUT2D eigenvalue weighted by Crippen LogP contribution is -2.56. The molecule has 0 saturated heterocycles. The predicted molar refractivity (Wildman–Crippen MR) is 86.2 cm³/mol. The Bertz CT molecular complexity index is 393. The van der Waals surface area contributed by atoms with Gasteiger partial charge in [0.25, 0.3) is 0 Å². The number of likely N-dealkylation sites (N-methyl/N-ethyl adjacent to an activating group) is 1. The lowest BCUT2D eigenvalue weighted by atomic mass is 9.89. The van der Waals surface area contributed by atoms with Crippen molar-refractivity contribution in [3.8, 4) is 0 Å². The van der Waals surface area contributed by atoms with E-state index in [2.05, 4.69) is 76.3 Å². The lowest BCUT2D eigenvalue weighted by molar-refractivity contribution is 0.136. The molecule has 0 aromatic carbocycles. The third kappa shape index (κ3) is 4.32. The fraction of sp³-hybridized carbons (Fsp3) is 0.812. The average molecular weight is 280 g/mol. The third-order valence-electron chi connectivity index (χ3n) is 4.25. The molecular weight excluding hydrogens is 248 g/mol. The van der Waals surface area contributed by atoms with E-state index in [1.807, 2.05) is 4.68 Å². The molecule has 0 spiro atoms. The summed E-state index contributed by atoms with van der Waals surface area (Å²) in [7, 11) is 4.29. The molecule has 1 N–H and O–H groups in total. The number of nitrogens with one attached hydrogen (secondary N) is 1. The fourth-order valence-corrected chi connectivity index (χ4v) is 2.18. The molecule has 0 aliphatic carbocycles. The van der Waals surface area contributed by atoms with E-state index in [0.29, 0.717) is 12.1 Å². The molecule has 1 aromatic heterocycles. The minimum absolute atomic E-state index is 0.0940. The van der Waals surface area contributed by atoms with Gasteiger partial charge in [-0.25, -0.2) is 0 Å². The van der Waals surface area contributed by atoms with Gasteiger partial charge >= 0.3 is 0 Å². The van der Waals surface area contributed by atoms with E-state index in [4.69, 9.17) is 0 Å². The van der Waals surface area contributed by atoms with E-state index >= 15 is 0 Å². The van der Waals surface area contributed by atoms with Gasteiger partial charge in [0.05, 0.1) is 5.69 Å². The summed E-state index contributed by atoms with van der Waals surface area (Å²) in [4.78, 5) is 2.29. The van der Waals surface area contributed by atoms with Crippen LogP contribution in [0.1, 0.15) is 52.8 Å². The molecule has 0 saturated carbocycles. The van der Waals surface area contributed by atoms with Crippen molar-refractivity contribution in [2.75, 3.05) is 20.6 Å². The maximum Gasteiger partial charge on any atom is 0.0640 e. The van der Waals surface area contributed by atoms with Gasteiger partial charge in [0.2, 0.25) is 0 Å². The predicted octanol–water partition coefficient (Wildman–Crippen LogP) is 2.71. The van der Waals surface area contributed by atoms with Crippen LogP contribution in [0.3, 0.4) is 0 Å². The standard InChI is InChI=1S/C16H32N4/c1-8-10-17-15(16(4,5)19(6)7)12-14-9-11-20(18-14)13(2)3/h9,11,13,15,17H,8,10,12H2,1-7H3. The van der Waals surface area contributed by atoms with Crippen molar-refractivity contribution in [1.29, 1.82) is 0 Å². The maximum atomic E-state index is 4.69. The van der Waals surface area contributed by atoms with Crippen LogP contribution in [0.25, 0.3) is 0 Å². The molecule has 1 atom stereocenters. The quantitative estimate of drug-likeness (QED) is 0.795. The summed E-state index contributed by atoms with van der Waals surface area (Å²) in [6.45, 7) is 12.2. The minimum Gasteiger partial charge on any atom is -0.312 e. The summed E-state index contributed by atoms with van der Waals surface area (Å²) >= 11 is 0. The van der Waals surface area contributed by atoms with Gasteiger partial charge in [-0.1, -0.05) is 6.92 Å². The summed E-state index contributed by atoms with van der Waals surface area (Å²) in [6.07, 6.45) is 4.20. The number of hydrogen-bond donors (Lipinski definition) is 1. The monoisotopic (exact) mass is 280 g/mol. The van der Waals surface area contributed by atoms with Crippen LogP contribution in [-0.4, -0.2) is 46.9 Å². The van der Waals surface area contributed by atoms with Crippen molar-refractivity contribution < 1.29 is 0 Å². The highest BCUT2D eigenvalue weighted by Crippen LogP contribution is 2.19. The summed E-state index contributed by atoms with van der Waals surface area (Å²) in [5.74, 6) is 0. The van der Waals surface area contributed by atoms with Crippen molar-refractivity contribution in [1.82, 2.24) is 20.0 Å². The molecule has 0 bridgehead atoms. The van der Waals surface area contributed by atoms with Crippen molar-refractivity contribution in [3.05, 3.63) is 18.0 Å². The molecule has 1 aromatic rings. The number of rotatable bonds is 8. The molecule has 0 aliphatic heterocycles. The van der Waals surface area contributed by atoms with Gasteiger partial charge in [0.1, 0.15) is 0 Å². The first-order valence-corrected chi connectivity index (χ1v) is 7.73. The van der Waals surface area contributed by atoms with E-state index in [-0.39, 0.29) is 5.54 Å². The first-order chi connectivity index (χ1) is 9.28. The molecular formula is C16H32N4. The molecule has 1 unspecified atom stereocenters. The van der Waals surface area contributed by atoms with Crippen LogP contribution >= 0.6 is 0 Å². The minimum atomic E-state index is 0.0940. The number of hydrogen-bond acceptors (Lipinski definition) is 3. The Kier molecular flexibility index (Phi) is 6.21. The second-order valence-corrected chi connectivity index (χ2v) is 6.64. The Morgan fingerprint density at radius 1 is 1.35 bits per heavy atom. The van der Waals surface area contributed by atoms with E-state index < -0.39 is 0 Å². The van der Waals surface area contributed by atoms with Gasteiger partial charge in [-0.2, -0.15) is 5.10 Å². The topological polar surface area (TPSA) is 33.1 Å². The van der Waals surface area contributed by atoms with Crippen molar-refractivity contribution in [2.24, 2.45) is 0 Å². The van der Waals surface area contributed by atoms with Gasteiger partial charge in [-0.05, 0) is 60.8 Å².